The number of rotatable bonds is 13. The molecule has 2 heterocycles. The van der Waals surface area contributed by atoms with Crippen molar-refractivity contribution in [3.8, 4) is 0 Å². The second-order valence-electron chi connectivity index (χ2n) is 24.5. The van der Waals surface area contributed by atoms with Gasteiger partial charge in [0.05, 0.1) is 0 Å². The molecule has 12 heteroatoms. The summed E-state index contributed by atoms with van der Waals surface area (Å²) >= 11 is 0. The zero-order valence-electron chi connectivity index (χ0n) is 44.7. The molecule has 12 nitrogen and oxygen atoms in total. The minimum Gasteiger partial charge on any atom is -0.382 e. The van der Waals surface area contributed by atoms with Crippen LogP contribution in [-0.4, -0.2) is 72.1 Å². The molecule has 380 valence electrons. The summed E-state index contributed by atoms with van der Waals surface area (Å²) in [6, 6.07) is 42.5. The summed E-state index contributed by atoms with van der Waals surface area (Å²) in [6.07, 6.45) is 2.93. The molecular weight excluding hydrogens is 885 g/mol. The van der Waals surface area contributed by atoms with Crippen molar-refractivity contribution in [1.29, 1.82) is 0 Å². The number of anilines is 9. The molecule has 2 amide bonds. The van der Waals surface area contributed by atoms with E-state index in [9.17, 15) is 20.0 Å². The molecule has 0 spiro atoms. The van der Waals surface area contributed by atoms with E-state index in [-0.39, 0.29) is 57.9 Å². The fraction of sp³-hybridized carbons (Fsp3) is 0.458. The van der Waals surface area contributed by atoms with Crippen LogP contribution in [0.3, 0.4) is 0 Å². The van der Waals surface area contributed by atoms with E-state index in [1.807, 2.05) is 45.0 Å². The Morgan fingerprint density at radius 3 is 1.06 bits per heavy atom. The third-order valence-corrected chi connectivity index (χ3v) is 13.9. The Morgan fingerprint density at radius 1 is 0.479 bits per heavy atom. The number of benzene rings is 5. The van der Waals surface area contributed by atoms with E-state index >= 15 is 0 Å². The van der Waals surface area contributed by atoms with Gasteiger partial charge in [-0.25, -0.2) is 0 Å². The summed E-state index contributed by atoms with van der Waals surface area (Å²) in [6.45, 7) is 29.0. The van der Waals surface area contributed by atoms with Crippen LogP contribution >= 0.6 is 0 Å². The highest BCUT2D eigenvalue weighted by atomic mass is 16.5. The van der Waals surface area contributed by atoms with Gasteiger partial charge in [0.15, 0.2) is 0 Å². The largest absolute Gasteiger partial charge is 0.382 e. The summed E-state index contributed by atoms with van der Waals surface area (Å²) in [4.78, 5) is 29.9. The predicted molar refractivity (Wildman–Crippen MR) is 293 cm³/mol. The van der Waals surface area contributed by atoms with E-state index < -0.39 is 5.54 Å². The van der Waals surface area contributed by atoms with Gasteiger partial charge in [0.25, 0.3) is 0 Å². The molecule has 2 aliphatic heterocycles. The number of carbonyl (C=O) groups excluding carboxylic acids is 2. The van der Waals surface area contributed by atoms with Crippen LogP contribution in [0.5, 0.6) is 0 Å². The summed E-state index contributed by atoms with van der Waals surface area (Å²) < 4.78 is 0. The average molecular weight is 965 g/mol. The van der Waals surface area contributed by atoms with Crippen LogP contribution in [0, 0.1) is 0 Å². The quantitative estimate of drug-likeness (QED) is 0.0633. The van der Waals surface area contributed by atoms with E-state index in [0.717, 1.165) is 71.2 Å². The maximum Gasteiger partial charge on any atom is 0.233 e. The van der Waals surface area contributed by atoms with Gasteiger partial charge in [-0.2, -0.15) is 10.1 Å². The first-order valence-electron chi connectivity index (χ1n) is 25.2. The van der Waals surface area contributed by atoms with Gasteiger partial charge in [-0.05, 0) is 222 Å². The van der Waals surface area contributed by atoms with E-state index in [4.69, 9.17) is 0 Å². The molecule has 0 aromatic heterocycles. The Hall–Kier alpha value is -5.92. The SMILES string of the molecule is CC(C)(C)NC(=O)CC(=O)Nc1ccc(N(c2ccc(NC3CC(C)(C)N(O)C(C)(C)C3)cc2)c2ccc(N(c3ccc(NC4CC(C)(C)N(O)C(C)(C)C4)cc3)c3ccc(C(C)(C)C)cc3)cc2)cc1. The Morgan fingerprint density at radius 2 is 0.761 bits per heavy atom. The summed E-state index contributed by atoms with van der Waals surface area (Å²) in [5.41, 5.74) is 7.77. The highest BCUT2D eigenvalue weighted by Gasteiger charge is 2.46. The van der Waals surface area contributed by atoms with Crippen LogP contribution in [-0.2, 0) is 15.0 Å². The van der Waals surface area contributed by atoms with E-state index in [0.29, 0.717) is 5.69 Å². The van der Waals surface area contributed by atoms with E-state index in [1.54, 1.807) is 0 Å². The molecule has 0 radical (unpaired) electrons. The van der Waals surface area contributed by atoms with Crippen molar-refractivity contribution in [2.45, 2.75) is 174 Å². The molecule has 0 bridgehead atoms. The normalized spacial score (nSPS) is 18.3. The van der Waals surface area contributed by atoms with Crippen molar-refractivity contribution >= 4 is 63.0 Å². The second kappa shape index (κ2) is 19.9. The van der Waals surface area contributed by atoms with Gasteiger partial charge in [-0.15, -0.1) is 0 Å². The molecule has 7 rings (SSSR count). The Balaban J connectivity index is 1.20. The number of hydroxylamine groups is 4. The molecule has 2 fully saturated rings. The monoisotopic (exact) mass is 965 g/mol. The lowest BCUT2D eigenvalue weighted by Crippen LogP contribution is -2.61. The first-order chi connectivity index (χ1) is 33.0. The number of nitrogens with one attached hydrogen (secondary N) is 4. The lowest BCUT2D eigenvalue weighted by atomic mass is 9.79. The third-order valence-electron chi connectivity index (χ3n) is 13.9. The number of nitrogens with zero attached hydrogens (tertiary/aromatic N) is 4. The Labute approximate surface area is 423 Å². The summed E-state index contributed by atoms with van der Waals surface area (Å²) in [7, 11) is 0. The number of piperidine rings is 2. The molecular formula is C59H80N8O4. The minimum atomic E-state index is -0.435. The van der Waals surface area contributed by atoms with Crippen molar-refractivity contribution in [3.63, 3.8) is 0 Å². The molecule has 0 aliphatic carbocycles. The van der Waals surface area contributed by atoms with Crippen molar-refractivity contribution in [2.24, 2.45) is 0 Å². The van der Waals surface area contributed by atoms with Gasteiger partial charge in [-0.3, -0.25) is 9.59 Å². The molecule has 6 N–H and O–H groups in total. The van der Waals surface area contributed by atoms with Crippen molar-refractivity contribution < 1.29 is 20.0 Å². The number of hydrogen-bond donors (Lipinski definition) is 6. The lowest BCUT2D eigenvalue weighted by Gasteiger charge is -2.51. The van der Waals surface area contributed by atoms with Crippen LogP contribution in [0.15, 0.2) is 121 Å². The first-order valence-corrected chi connectivity index (χ1v) is 25.2. The smallest absolute Gasteiger partial charge is 0.233 e. The zero-order chi connectivity index (χ0) is 51.9. The highest BCUT2D eigenvalue weighted by Crippen LogP contribution is 2.43. The van der Waals surface area contributed by atoms with Gasteiger partial charge in [0.2, 0.25) is 11.8 Å². The zero-order valence-corrected chi connectivity index (χ0v) is 44.7. The van der Waals surface area contributed by atoms with Crippen molar-refractivity contribution in [2.75, 3.05) is 25.8 Å². The number of amides is 2. The van der Waals surface area contributed by atoms with Gasteiger partial charge < -0.3 is 41.5 Å². The molecule has 2 aliphatic rings. The van der Waals surface area contributed by atoms with Crippen LogP contribution in [0.4, 0.5) is 51.2 Å². The molecule has 5 aromatic carbocycles. The molecule has 2 saturated heterocycles. The Bertz CT molecular complexity index is 2580. The first kappa shape index (κ1) is 52.9. The minimum absolute atomic E-state index is 0.00332. The van der Waals surface area contributed by atoms with Gasteiger partial charge in [0, 0.05) is 91.0 Å². The summed E-state index contributed by atoms with van der Waals surface area (Å²) in [5, 5.41) is 38.2. The molecule has 71 heavy (non-hydrogen) atoms. The Kier molecular flexibility index (Phi) is 14.9. The van der Waals surface area contributed by atoms with E-state index in [1.165, 1.54) is 15.7 Å². The van der Waals surface area contributed by atoms with Crippen LogP contribution < -0.4 is 31.1 Å². The van der Waals surface area contributed by atoms with Crippen LogP contribution in [0.2, 0.25) is 0 Å². The topological polar surface area (TPSA) is 136 Å². The summed E-state index contributed by atoms with van der Waals surface area (Å²) in [5.74, 6) is -0.713. The maximum absolute atomic E-state index is 12.9. The van der Waals surface area contributed by atoms with Gasteiger partial charge in [-0.1, -0.05) is 32.9 Å². The predicted octanol–water partition coefficient (Wildman–Crippen LogP) is 13.8. The highest BCUT2D eigenvalue weighted by molar-refractivity contribution is 6.03. The third kappa shape index (κ3) is 12.8. The molecule has 0 atom stereocenters. The lowest BCUT2D eigenvalue weighted by molar-refractivity contribution is -0.243. The second-order valence-corrected chi connectivity index (χ2v) is 24.5. The van der Waals surface area contributed by atoms with Gasteiger partial charge in [0.1, 0.15) is 6.42 Å². The van der Waals surface area contributed by atoms with Crippen LogP contribution in [0.1, 0.15) is 135 Å². The van der Waals surface area contributed by atoms with Crippen molar-refractivity contribution in [1.82, 2.24) is 15.4 Å². The average Bonchev–Trinajstić information content (AvgIpc) is 3.26. The molecule has 0 unspecified atom stereocenters. The van der Waals surface area contributed by atoms with Crippen molar-refractivity contribution in [3.05, 3.63) is 127 Å². The standard InChI is InChI=1S/C59H80N8O4/c1-54(2,3)40-15-23-46(24-16-40)64(47-25-17-41(18-26-47)60-44-36-56(7,8)66(70)57(9,10)37-44)50-31-33-51(34-32-50)65(49-29-21-43(22-30-49)62-52(68)35-53(69)63-55(4,5)6)48-27-19-42(20-28-48)61-45-38-58(11,12)67(71)59(13,14)39-45/h15-34,44-45,60-61,70-71H,35-39H2,1-14H3,(H,62,68)(H,63,69). The maximum atomic E-state index is 12.9. The fourth-order valence-corrected chi connectivity index (χ4v) is 10.9. The number of hydrogen-bond acceptors (Lipinski definition) is 10. The molecule has 5 aromatic rings. The van der Waals surface area contributed by atoms with E-state index in [2.05, 4.69) is 204 Å². The van der Waals surface area contributed by atoms with Gasteiger partial charge >= 0.3 is 0 Å². The number of carbonyl (C=O) groups is 2. The fourth-order valence-electron chi connectivity index (χ4n) is 10.9. The van der Waals surface area contributed by atoms with Crippen LogP contribution in [0.25, 0.3) is 0 Å². The molecule has 0 saturated carbocycles.